The number of nitrogens with zero attached hydrogens (tertiary/aromatic N) is 3. The van der Waals surface area contributed by atoms with Crippen molar-refractivity contribution in [3.63, 3.8) is 0 Å². The lowest BCUT2D eigenvalue weighted by molar-refractivity contribution is -0.149. The average Bonchev–Trinajstić information content (AvgIpc) is 3.27. The van der Waals surface area contributed by atoms with Crippen LogP contribution in [-0.2, 0) is 4.74 Å². The van der Waals surface area contributed by atoms with Gasteiger partial charge in [-0.05, 0) is 0 Å². The average molecular weight is 386 g/mol. The van der Waals surface area contributed by atoms with E-state index in [1.165, 1.54) is 10.9 Å². The van der Waals surface area contributed by atoms with Gasteiger partial charge in [0.05, 0.1) is 25.6 Å². The van der Waals surface area contributed by atoms with Crippen LogP contribution < -0.4 is 5.56 Å². The number of aromatic amines is 1. The van der Waals surface area contributed by atoms with Crippen molar-refractivity contribution in [3.8, 4) is 0 Å². The summed E-state index contributed by atoms with van der Waals surface area (Å²) in [6, 6.07) is 8.38. The van der Waals surface area contributed by atoms with E-state index >= 15 is 0 Å². The molecule has 1 fully saturated rings. The summed E-state index contributed by atoms with van der Waals surface area (Å²) < 4.78 is 7.08. The first-order chi connectivity index (χ1) is 13.5. The number of hydrogen-bond donors (Lipinski definition) is 4. The second-order valence-electron chi connectivity index (χ2n) is 6.61. The molecule has 146 valence electrons. The van der Waals surface area contributed by atoms with Gasteiger partial charge in [0.25, 0.3) is 5.56 Å². The van der Waals surface area contributed by atoms with Crippen molar-refractivity contribution in [2.75, 3.05) is 13.2 Å². The van der Waals surface area contributed by atoms with Crippen molar-refractivity contribution in [2.24, 2.45) is 0 Å². The van der Waals surface area contributed by atoms with E-state index in [4.69, 9.17) is 4.74 Å². The van der Waals surface area contributed by atoms with Crippen LogP contribution >= 0.6 is 0 Å². The van der Waals surface area contributed by atoms with Crippen LogP contribution in [-0.4, -0.2) is 65.5 Å². The summed E-state index contributed by atoms with van der Waals surface area (Å²) in [5.74, 6) is -0.545. The molecule has 1 saturated heterocycles. The molecule has 10 heteroatoms. The quantitative estimate of drug-likeness (QED) is 0.423. The maximum absolute atomic E-state index is 13.0. The number of ketones is 1. The molecule has 0 bridgehead atoms. The fourth-order valence-corrected chi connectivity index (χ4v) is 3.37. The zero-order valence-electron chi connectivity index (χ0n) is 14.6. The molecule has 0 aliphatic carbocycles. The minimum Gasteiger partial charge on any atom is -0.393 e. The Morgan fingerprint density at radius 1 is 1.29 bits per heavy atom. The van der Waals surface area contributed by atoms with Crippen LogP contribution in [0.5, 0.6) is 0 Å². The first-order valence-corrected chi connectivity index (χ1v) is 8.63. The second-order valence-corrected chi connectivity index (χ2v) is 6.61. The van der Waals surface area contributed by atoms with Gasteiger partial charge in [0.15, 0.2) is 17.0 Å². The fraction of sp³-hybridized carbons (Fsp3) is 0.333. The molecule has 1 aliphatic heterocycles. The number of carbonyl (C=O) groups excluding carboxylic acids is 1. The number of imidazole rings is 1. The van der Waals surface area contributed by atoms with E-state index in [-0.39, 0.29) is 23.4 Å². The SMILES string of the molecule is O=C(c1ccccc1)c1nc2c(=O)[nH]cnc2n1[C@@H]1C[C@H](O)C(CO)(CO)O1. The number of ether oxygens (including phenoxy) is 1. The third kappa shape index (κ3) is 2.74. The summed E-state index contributed by atoms with van der Waals surface area (Å²) in [7, 11) is 0. The monoisotopic (exact) mass is 386 g/mol. The highest BCUT2D eigenvalue weighted by atomic mass is 16.6. The van der Waals surface area contributed by atoms with Crippen molar-refractivity contribution in [2.45, 2.75) is 24.4 Å². The molecule has 3 aromatic rings. The zero-order valence-corrected chi connectivity index (χ0v) is 14.6. The molecule has 28 heavy (non-hydrogen) atoms. The number of nitrogens with one attached hydrogen (secondary N) is 1. The number of hydrogen-bond acceptors (Lipinski definition) is 8. The highest BCUT2D eigenvalue weighted by molar-refractivity contribution is 6.08. The first-order valence-electron chi connectivity index (χ1n) is 8.63. The fourth-order valence-electron chi connectivity index (χ4n) is 3.37. The summed E-state index contributed by atoms with van der Waals surface area (Å²) in [5, 5.41) is 29.5. The normalized spacial score (nSPS) is 21.2. The van der Waals surface area contributed by atoms with Gasteiger partial charge in [0.1, 0.15) is 11.8 Å². The standard InChI is InChI=1S/C18H18N4O6/c23-7-18(8-24)11(25)6-12(28-18)22-15-13(17(27)20-9-19-15)21-16(22)14(26)10-4-2-1-3-5-10/h1-5,9,11-12,23-25H,6-8H2,(H,19,20,27)/t11-,12-/m0/s1. The van der Waals surface area contributed by atoms with E-state index in [9.17, 15) is 24.9 Å². The van der Waals surface area contributed by atoms with Gasteiger partial charge >= 0.3 is 0 Å². The lowest BCUT2D eigenvalue weighted by atomic mass is 9.99. The zero-order chi connectivity index (χ0) is 19.9. The molecule has 3 heterocycles. The Hall–Kier alpha value is -2.92. The molecular formula is C18H18N4O6. The van der Waals surface area contributed by atoms with Crippen molar-refractivity contribution in [3.05, 3.63) is 58.4 Å². The molecule has 2 atom stereocenters. The third-order valence-corrected chi connectivity index (χ3v) is 4.95. The van der Waals surface area contributed by atoms with Gasteiger partial charge in [-0.2, -0.15) is 0 Å². The van der Waals surface area contributed by atoms with Gasteiger partial charge in [-0.1, -0.05) is 30.3 Å². The molecule has 4 N–H and O–H groups in total. The smallest absolute Gasteiger partial charge is 0.278 e. The molecule has 4 rings (SSSR count). The summed E-state index contributed by atoms with van der Waals surface area (Å²) in [6.07, 6.45) is -1.00. The van der Waals surface area contributed by atoms with E-state index in [0.717, 1.165) is 0 Å². The van der Waals surface area contributed by atoms with E-state index in [1.54, 1.807) is 30.3 Å². The molecule has 1 aliphatic rings. The first kappa shape index (κ1) is 18.4. The predicted molar refractivity (Wildman–Crippen MR) is 95.7 cm³/mol. The summed E-state index contributed by atoms with van der Waals surface area (Å²) in [4.78, 5) is 35.9. The molecular weight excluding hydrogens is 368 g/mol. The van der Waals surface area contributed by atoms with Crippen LogP contribution in [0.25, 0.3) is 11.2 Å². The van der Waals surface area contributed by atoms with Crippen LogP contribution in [0.1, 0.15) is 28.8 Å². The Morgan fingerprint density at radius 2 is 2.00 bits per heavy atom. The van der Waals surface area contributed by atoms with Gasteiger partial charge < -0.3 is 25.0 Å². The van der Waals surface area contributed by atoms with Gasteiger partial charge in [-0.25, -0.2) is 9.97 Å². The van der Waals surface area contributed by atoms with E-state index < -0.39 is 42.5 Å². The summed E-state index contributed by atoms with van der Waals surface area (Å²) in [6.45, 7) is -1.24. The van der Waals surface area contributed by atoms with Gasteiger partial charge in [-0.15, -0.1) is 0 Å². The van der Waals surface area contributed by atoms with Gasteiger partial charge in [-0.3, -0.25) is 14.2 Å². The minimum absolute atomic E-state index is 0.0316. The predicted octanol–water partition coefficient (Wildman–Crippen LogP) is -0.646. The molecule has 0 amide bonds. The van der Waals surface area contributed by atoms with Crippen LogP contribution in [0.4, 0.5) is 0 Å². The van der Waals surface area contributed by atoms with Crippen LogP contribution in [0, 0.1) is 0 Å². The summed E-state index contributed by atoms with van der Waals surface area (Å²) >= 11 is 0. The molecule has 0 saturated carbocycles. The Morgan fingerprint density at radius 3 is 2.64 bits per heavy atom. The Bertz CT molecular complexity index is 1070. The number of rotatable bonds is 5. The molecule has 0 radical (unpaired) electrons. The molecule has 0 spiro atoms. The molecule has 10 nitrogen and oxygen atoms in total. The summed E-state index contributed by atoms with van der Waals surface area (Å²) in [5.41, 5.74) is -1.71. The number of benzene rings is 1. The van der Waals surface area contributed by atoms with Gasteiger partial charge in [0, 0.05) is 12.0 Å². The number of H-pyrrole nitrogens is 1. The Balaban J connectivity index is 1.89. The van der Waals surface area contributed by atoms with Crippen LogP contribution in [0.3, 0.4) is 0 Å². The van der Waals surface area contributed by atoms with Crippen LogP contribution in [0.15, 0.2) is 41.5 Å². The topological polar surface area (TPSA) is 151 Å². The second kappa shape index (κ2) is 6.91. The minimum atomic E-state index is -1.59. The molecule has 2 aromatic heterocycles. The molecule has 1 aromatic carbocycles. The van der Waals surface area contributed by atoms with Crippen molar-refractivity contribution >= 4 is 16.9 Å². The highest BCUT2D eigenvalue weighted by Gasteiger charge is 2.49. The Labute approximate surface area is 158 Å². The maximum Gasteiger partial charge on any atom is 0.278 e. The maximum atomic E-state index is 13.0. The lowest BCUT2D eigenvalue weighted by Gasteiger charge is -2.27. The van der Waals surface area contributed by atoms with Crippen molar-refractivity contribution < 1.29 is 24.9 Å². The van der Waals surface area contributed by atoms with Crippen molar-refractivity contribution in [1.82, 2.24) is 19.5 Å². The van der Waals surface area contributed by atoms with Crippen LogP contribution in [0.2, 0.25) is 0 Å². The Kier molecular flexibility index (Phi) is 4.55. The van der Waals surface area contributed by atoms with E-state index in [0.29, 0.717) is 5.56 Å². The lowest BCUT2D eigenvalue weighted by Crippen LogP contribution is -2.46. The van der Waals surface area contributed by atoms with E-state index in [2.05, 4.69) is 15.0 Å². The van der Waals surface area contributed by atoms with Crippen molar-refractivity contribution in [1.29, 1.82) is 0 Å². The number of carbonyl (C=O) groups is 1. The number of fused-ring (bicyclic) bond motifs is 1. The van der Waals surface area contributed by atoms with E-state index in [1.807, 2.05) is 0 Å². The largest absolute Gasteiger partial charge is 0.393 e. The molecule has 0 unspecified atom stereocenters. The number of aliphatic hydroxyl groups excluding tert-OH is 3. The van der Waals surface area contributed by atoms with Gasteiger partial charge in [0.2, 0.25) is 5.78 Å². The number of aliphatic hydroxyl groups is 3. The highest BCUT2D eigenvalue weighted by Crippen LogP contribution is 2.38. The third-order valence-electron chi connectivity index (χ3n) is 4.95. The number of aromatic nitrogens is 4.